The number of aryl methyl sites for hydroxylation is 2. The van der Waals surface area contributed by atoms with Gasteiger partial charge in [0.1, 0.15) is 0 Å². The summed E-state index contributed by atoms with van der Waals surface area (Å²) in [5.41, 5.74) is 6.74. The zero-order valence-electron chi connectivity index (χ0n) is 15.4. The van der Waals surface area contributed by atoms with Gasteiger partial charge in [-0.05, 0) is 73.4 Å². The summed E-state index contributed by atoms with van der Waals surface area (Å²) in [6.07, 6.45) is 2.12. The van der Waals surface area contributed by atoms with Crippen LogP contribution in [0, 0.1) is 20.8 Å². The molecule has 0 unspecified atom stereocenters. The van der Waals surface area contributed by atoms with Gasteiger partial charge in [-0.2, -0.15) is 0 Å². The van der Waals surface area contributed by atoms with E-state index in [1.165, 1.54) is 16.7 Å². The Labute approximate surface area is 145 Å². The van der Waals surface area contributed by atoms with Crippen molar-refractivity contribution in [2.75, 3.05) is 11.4 Å². The fourth-order valence-electron chi connectivity index (χ4n) is 3.71. The molecule has 1 amide bonds. The Morgan fingerprint density at radius 1 is 1.08 bits per heavy atom. The maximum Gasteiger partial charge on any atom is 0.258 e. The predicted octanol–water partition coefficient (Wildman–Crippen LogP) is 5.33. The number of hydrogen-bond acceptors (Lipinski definition) is 1. The van der Waals surface area contributed by atoms with Crippen molar-refractivity contribution in [3.63, 3.8) is 0 Å². The Hall–Kier alpha value is -2.09. The van der Waals surface area contributed by atoms with E-state index >= 15 is 0 Å². The van der Waals surface area contributed by atoms with Crippen molar-refractivity contribution in [3.05, 3.63) is 64.2 Å². The molecule has 3 rings (SSSR count). The summed E-state index contributed by atoms with van der Waals surface area (Å²) < 4.78 is 0. The first-order valence-corrected chi connectivity index (χ1v) is 8.80. The molecule has 1 aliphatic rings. The highest BCUT2D eigenvalue weighted by atomic mass is 16.2. The Balaban J connectivity index is 2.12. The number of carbonyl (C=O) groups excluding carboxylic acids is 1. The zero-order valence-corrected chi connectivity index (χ0v) is 15.4. The van der Waals surface area contributed by atoms with Crippen LogP contribution in [0.15, 0.2) is 36.4 Å². The Kier molecular flexibility index (Phi) is 4.25. The van der Waals surface area contributed by atoms with Gasteiger partial charge in [0.2, 0.25) is 0 Å². The van der Waals surface area contributed by atoms with Crippen molar-refractivity contribution < 1.29 is 4.79 Å². The van der Waals surface area contributed by atoms with Crippen molar-refractivity contribution >= 4 is 11.6 Å². The monoisotopic (exact) mass is 321 g/mol. The lowest BCUT2D eigenvalue weighted by molar-refractivity contribution is 0.0986. The average molecular weight is 321 g/mol. The van der Waals surface area contributed by atoms with Crippen molar-refractivity contribution in [1.82, 2.24) is 0 Å². The van der Waals surface area contributed by atoms with Crippen LogP contribution in [0.3, 0.4) is 0 Å². The first-order valence-electron chi connectivity index (χ1n) is 8.80. The van der Waals surface area contributed by atoms with Gasteiger partial charge < -0.3 is 4.90 Å². The summed E-state index contributed by atoms with van der Waals surface area (Å²) >= 11 is 0. The summed E-state index contributed by atoms with van der Waals surface area (Å²) in [4.78, 5) is 15.3. The normalized spacial score (nSPS) is 16.5. The van der Waals surface area contributed by atoms with E-state index in [1.54, 1.807) is 0 Å². The van der Waals surface area contributed by atoms with Crippen LogP contribution in [-0.2, 0) is 5.41 Å². The molecule has 2 aromatic rings. The maximum atomic E-state index is 13.3. The minimum Gasteiger partial charge on any atom is -0.308 e. The highest BCUT2D eigenvalue weighted by molar-refractivity contribution is 6.07. The molecule has 0 aromatic heterocycles. The zero-order chi connectivity index (χ0) is 17.5. The molecular weight excluding hydrogens is 294 g/mol. The number of amides is 1. The quantitative estimate of drug-likeness (QED) is 0.695. The molecule has 0 aliphatic carbocycles. The lowest BCUT2D eigenvalue weighted by Gasteiger charge is -2.28. The van der Waals surface area contributed by atoms with Crippen molar-refractivity contribution in [1.29, 1.82) is 0 Å². The number of rotatable bonds is 1. The highest BCUT2D eigenvalue weighted by Gasteiger charge is 2.32. The van der Waals surface area contributed by atoms with Gasteiger partial charge in [0.25, 0.3) is 5.91 Å². The van der Waals surface area contributed by atoms with E-state index in [4.69, 9.17) is 0 Å². The summed E-state index contributed by atoms with van der Waals surface area (Å²) in [6, 6.07) is 12.5. The Bertz CT molecular complexity index is 789. The molecule has 2 aromatic carbocycles. The Morgan fingerprint density at radius 2 is 1.83 bits per heavy atom. The van der Waals surface area contributed by atoms with Gasteiger partial charge in [-0.3, -0.25) is 4.79 Å². The number of hydrogen-bond donors (Lipinski definition) is 0. The van der Waals surface area contributed by atoms with Crippen LogP contribution in [0.2, 0.25) is 0 Å². The molecule has 2 heteroatoms. The van der Waals surface area contributed by atoms with Gasteiger partial charge in [0, 0.05) is 17.8 Å². The van der Waals surface area contributed by atoms with Gasteiger partial charge in [0.05, 0.1) is 0 Å². The van der Waals surface area contributed by atoms with Crippen LogP contribution >= 0.6 is 0 Å². The molecule has 2 nitrogen and oxygen atoms in total. The van der Waals surface area contributed by atoms with E-state index in [1.807, 2.05) is 24.0 Å². The van der Waals surface area contributed by atoms with Crippen LogP contribution in [0.4, 0.5) is 5.69 Å². The molecule has 0 atom stereocenters. The van der Waals surface area contributed by atoms with Crippen LogP contribution in [0.5, 0.6) is 0 Å². The van der Waals surface area contributed by atoms with Crippen LogP contribution in [-0.4, -0.2) is 12.5 Å². The van der Waals surface area contributed by atoms with E-state index in [-0.39, 0.29) is 11.3 Å². The van der Waals surface area contributed by atoms with Crippen LogP contribution in [0.25, 0.3) is 0 Å². The number of benzene rings is 2. The topological polar surface area (TPSA) is 20.3 Å². The first-order chi connectivity index (χ1) is 11.3. The second-order valence-electron chi connectivity index (χ2n) is 7.71. The Morgan fingerprint density at radius 3 is 2.58 bits per heavy atom. The summed E-state index contributed by atoms with van der Waals surface area (Å²) in [5.74, 6) is 0.126. The highest BCUT2D eigenvalue weighted by Crippen LogP contribution is 2.39. The largest absolute Gasteiger partial charge is 0.308 e. The minimum absolute atomic E-state index is 0.0969. The van der Waals surface area contributed by atoms with Gasteiger partial charge in [-0.25, -0.2) is 0 Å². The van der Waals surface area contributed by atoms with E-state index in [2.05, 4.69) is 52.0 Å². The summed E-state index contributed by atoms with van der Waals surface area (Å²) in [7, 11) is 0. The van der Waals surface area contributed by atoms with Crippen LogP contribution < -0.4 is 4.90 Å². The SMILES string of the molecule is Cc1ccc2c(c1)N(C(=O)c1cccc(C)c1C)CCCC2(C)C. The molecule has 1 heterocycles. The standard InChI is InChI=1S/C22H27NO/c1-15-10-11-19-20(14-15)23(13-7-12-22(19,4)5)21(24)18-9-6-8-16(2)17(18)3/h6,8-11,14H,7,12-13H2,1-5H3. The lowest BCUT2D eigenvalue weighted by Crippen LogP contribution is -2.32. The number of carbonyl (C=O) groups is 1. The molecule has 0 fully saturated rings. The molecular formula is C22H27NO. The smallest absolute Gasteiger partial charge is 0.258 e. The molecule has 0 saturated carbocycles. The molecule has 24 heavy (non-hydrogen) atoms. The second-order valence-corrected chi connectivity index (χ2v) is 7.71. The van der Waals surface area contributed by atoms with Gasteiger partial charge in [-0.15, -0.1) is 0 Å². The van der Waals surface area contributed by atoms with Gasteiger partial charge >= 0.3 is 0 Å². The van der Waals surface area contributed by atoms with E-state index < -0.39 is 0 Å². The molecule has 0 N–H and O–H groups in total. The number of fused-ring (bicyclic) bond motifs is 1. The molecule has 0 radical (unpaired) electrons. The molecule has 126 valence electrons. The van der Waals surface area contributed by atoms with Gasteiger partial charge in [-0.1, -0.05) is 38.1 Å². The molecule has 0 saturated heterocycles. The third-order valence-electron chi connectivity index (χ3n) is 5.44. The van der Waals surface area contributed by atoms with Crippen LogP contribution in [0.1, 0.15) is 59.3 Å². The van der Waals surface area contributed by atoms with E-state index in [0.717, 1.165) is 36.2 Å². The predicted molar refractivity (Wildman–Crippen MR) is 101 cm³/mol. The molecule has 0 spiro atoms. The summed E-state index contributed by atoms with van der Waals surface area (Å²) in [6.45, 7) is 11.6. The molecule has 0 bridgehead atoms. The van der Waals surface area contributed by atoms with Gasteiger partial charge in [0.15, 0.2) is 0 Å². The third kappa shape index (κ3) is 2.86. The fourth-order valence-corrected chi connectivity index (χ4v) is 3.71. The average Bonchev–Trinajstić information content (AvgIpc) is 2.65. The van der Waals surface area contributed by atoms with E-state index in [9.17, 15) is 4.79 Å². The maximum absolute atomic E-state index is 13.3. The molecule has 1 aliphatic heterocycles. The van der Waals surface area contributed by atoms with Crippen molar-refractivity contribution in [3.8, 4) is 0 Å². The first kappa shape index (κ1) is 16.8. The third-order valence-corrected chi connectivity index (χ3v) is 5.44. The second kappa shape index (κ2) is 6.08. The number of nitrogens with zero attached hydrogens (tertiary/aromatic N) is 1. The number of anilines is 1. The van der Waals surface area contributed by atoms with Crippen molar-refractivity contribution in [2.45, 2.75) is 52.9 Å². The van der Waals surface area contributed by atoms with Crippen molar-refractivity contribution in [2.24, 2.45) is 0 Å². The van der Waals surface area contributed by atoms with E-state index in [0.29, 0.717) is 0 Å². The fraction of sp³-hybridized carbons (Fsp3) is 0.409. The summed E-state index contributed by atoms with van der Waals surface area (Å²) in [5, 5.41) is 0. The lowest BCUT2D eigenvalue weighted by atomic mass is 9.80. The minimum atomic E-state index is 0.0969.